The van der Waals surface area contributed by atoms with Crippen LogP contribution in [0.3, 0.4) is 0 Å². The van der Waals surface area contributed by atoms with Crippen molar-refractivity contribution in [2.75, 3.05) is 0 Å². The zero-order valence-corrected chi connectivity index (χ0v) is 12.3. The maximum Gasteiger partial charge on any atom is 0.0177 e. The first-order chi connectivity index (χ1) is 7.44. The van der Waals surface area contributed by atoms with E-state index < -0.39 is 0 Å². The summed E-state index contributed by atoms with van der Waals surface area (Å²) in [5, 5.41) is 0. The van der Waals surface area contributed by atoms with Crippen molar-refractivity contribution in [3.63, 3.8) is 0 Å². The third-order valence-electron chi connectivity index (χ3n) is 4.11. The molecule has 1 aromatic rings. The van der Waals surface area contributed by atoms with Crippen LogP contribution in [0.4, 0.5) is 0 Å². The molecule has 2 rings (SSSR count). The monoisotopic (exact) mass is 280 g/mol. The molecule has 1 unspecified atom stereocenters. The number of alkyl halides is 1. The van der Waals surface area contributed by atoms with Gasteiger partial charge in [0.2, 0.25) is 0 Å². The van der Waals surface area contributed by atoms with Gasteiger partial charge in [-0.05, 0) is 62.1 Å². The minimum absolute atomic E-state index is 0.546. The Morgan fingerprint density at radius 1 is 1.19 bits per heavy atom. The molecular weight excluding hydrogens is 260 g/mol. The van der Waals surface area contributed by atoms with Crippen molar-refractivity contribution in [3.8, 4) is 0 Å². The van der Waals surface area contributed by atoms with Gasteiger partial charge in [-0.1, -0.05) is 40.5 Å². The maximum absolute atomic E-state index is 3.78. The Labute approximate surface area is 108 Å². The van der Waals surface area contributed by atoms with Crippen molar-refractivity contribution in [1.82, 2.24) is 0 Å². The summed E-state index contributed by atoms with van der Waals surface area (Å²) >= 11 is 3.78. The lowest BCUT2D eigenvalue weighted by molar-refractivity contribution is 0.506. The fourth-order valence-electron chi connectivity index (χ4n) is 2.72. The van der Waals surface area contributed by atoms with Crippen molar-refractivity contribution in [3.05, 3.63) is 34.4 Å². The summed E-state index contributed by atoms with van der Waals surface area (Å²) in [6.45, 7) is 8.99. The molecular formula is C15H21Br. The van der Waals surface area contributed by atoms with Gasteiger partial charge < -0.3 is 0 Å². The van der Waals surface area contributed by atoms with Gasteiger partial charge in [0.25, 0.3) is 0 Å². The molecule has 88 valence electrons. The molecule has 0 radical (unpaired) electrons. The Bertz CT molecular complexity index is 377. The van der Waals surface area contributed by atoms with E-state index in [1.54, 1.807) is 5.56 Å². The molecule has 1 saturated carbocycles. The first-order valence-corrected chi connectivity index (χ1v) is 7.07. The van der Waals surface area contributed by atoms with E-state index in [9.17, 15) is 0 Å². The minimum Gasteiger partial charge on any atom is -0.0888 e. The van der Waals surface area contributed by atoms with E-state index in [1.165, 1.54) is 36.0 Å². The molecule has 1 fully saturated rings. The maximum atomic E-state index is 3.78. The minimum atomic E-state index is 0.546. The van der Waals surface area contributed by atoms with Crippen LogP contribution >= 0.6 is 15.9 Å². The molecule has 0 heterocycles. The molecule has 16 heavy (non-hydrogen) atoms. The van der Waals surface area contributed by atoms with E-state index in [0.29, 0.717) is 10.2 Å². The molecule has 1 heteroatoms. The summed E-state index contributed by atoms with van der Waals surface area (Å²) in [6.07, 6.45) is 4.01. The molecule has 0 aromatic heterocycles. The summed E-state index contributed by atoms with van der Waals surface area (Å²) in [6, 6.07) is 4.63. The standard InChI is InChI=1S/C15H21Br/c1-10-7-11(2)14(12(3)8-10)9-15(5-6-15)13(4)16/h7-8,13H,5-6,9H2,1-4H3. The van der Waals surface area contributed by atoms with E-state index in [2.05, 4.69) is 55.8 Å². The quantitative estimate of drug-likeness (QED) is 0.703. The van der Waals surface area contributed by atoms with E-state index in [1.807, 2.05) is 0 Å². The van der Waals surface area contributed by atoms with Crippen LogP contribution < -0.4 is 0 Å². The lowest BCUT2D eigenvalue weighted by Crippen LogP contribution is -2.16. The summed E-state index contributed by atoms with van der Waals surface area (Å²) in [4.78, 5) is 0.639. The highest BCUT2D eigenvalue weighted by Crippen LogP contribution is 2.54. The predicted molar refractivity (Wildman–Crippen MR) is 74.4 cm³/mol. The molecule has 1 aromatic carbocycles. The Morgan fingerprint density at radius 2 is 1.69 bits per heavy atom. The van der Waals surface area contributed by atoms with Crippen molar-refractivity contribution in [2.45, 2.75) is 51.8 Å². The molecule has 0 aliphatic heterocycles. The normalized spacial score (nSPS) is 19.6. The molecule has 0 amide bonds. The highest BCUT2D eigenvalue weighted by molar-refractivity contribution is 9.09. The van der Waals surface area contributed by atoms with Gasteiger partial charge in [0.15, 0.2) is 0 Å². The Kier molecular flexibility index (Phi) is 3.18. The highest BCUT2D eigenvalue weighted by Gasteiger charge is 2.46. The van der Waals surface area contributed by atoms with Gasteiger partial charge >= 0.3 is 0 Å². The zero-order valence-electron chi connectivity index (χ0n) is 10.7. The molecule has 1 atom stereocenters. The van der Waals surface area contributed by atoms with Gasteiger partial charge in [-0.15, -0.1) is 0 Å². The van der Waals surface area contributed by atoms with Crippen LogP contribution in [0.15, 0.2) is 12.1 Å². The third-order valence-corrected chi connectivity index (χ3v) is 5.08. The molecule has 0 spiro atoms. The lowest BCUT2D eigenvalue weighted by Gasteiger charge is -2.21. The second-order valence-corrected chi connectivity index (χ2v) is 6.91. The molecule has 0 nitrogen and oxygen atoms in total. The average Bonchev–Trinajstić information content (AvgIpc) is 2.92. The number of rotatable bonds is 3. The molecule has 0 bridgehead atoms. The van der Waals surface area contributed by atoms with Gasteiger partial charge in [0, 0.05) is 4.83 Å². The predicted octanol–water partition coefficient (Wildman–Crippen LogP) is 4.72. The number of benzene rings is 1. The fourth-order valence-corrected chi connectivity index (χ4v) is 3.34. The molecule has 0 saturated heterocycles. The van der Waals surface area contributed by atoms with E-state index in [4.69, 9.17) is 0 Å². The van der Waals surface area contributed by atoms with Crippen LogP contribution in [-0.2, 0) is 6.42 Å². The van der Waals surface area contributed by atoms with Crippen LogP contribution in [0.1, 0.15) is 42.0 Å². The van der Waals surface area contributed by atoms with Gasteiger partial charge in [0.05, 0.1) is 0 Å². The van der Waals surface area contributed by atoms with Crippen molar-refractivity contribution in [1.29, 1.82) is 0 Å². The average molecular weight is 281 g/mol. The summed E-state index contributed by atoms with van der Waals surface area (Å²) in [5.41, 5.74) is 6.45. The van der Waals surface area contributed by atoms with Crippen molar-refractivity contribution in [2.24, 2.45) is 5.41 Å². The Hall–Kier alpha value is -0.300. The molecule has 0 N–H and O–H groups in total. The number of hydrogen-bond donors (Lipinski definition) is 0. The van der Waals surface area contributed by atoms with Gasteiger partial charge in [0.1, 0.15) is 0 Å². The van der Waals surface area contributed by atoms with Crippen LogP contribution in [0.2, 0.25) is 0 Å². The van der Waals surface area contributed by atoms with Gasteiger partial charge in [-0.3, -0.25) is 0 Å². The van der Waals surface area contributed by atoms with Crippen LogP contribution in [0, 0.1) is 26.2 Å². The summed E-state index contributed by atoms with van der Waals surface area (Å²) in [7, 11) is 0. The highest BCUT2D eigenvalue weighted by atomic mass is 79.9. The topological polar surface area (TPSA) is 0 Å². The van der Waals surface area contributed by atoms with Gasteiger partial charge in [-0.2, -0.15) is 0 Å². The first kappa shape index (κ1) is 12.2. The van der Waals surface area contributed by atoms with Crippen LogP contribution in [0.25, 0.3) is 0 Å². The number of aryl methyl sites for hydroxylation is 3. The molecule has 1 aliphatic carbocycles. The van der Waals surface area contributed by atoms with Crippen molar-refractivity contribution >= 4 is 15.9 Å². The van der Waals surface area contributed by atoms with Crippen molar-refractivity contribution < 1.29 is 0 Å². The van der Waals surface area contributed by atoms with Gasteiger partial charge in [-0.25, -0.2) is 0 Å². The third kappa shape index (κ3) is 2.20. The van der Waals surface area contributed by atoms with E-state index in [-0.39, 0.29) is 0 Å². The number of halogens is 1. The van der Waals surface area contributed by atoms with Crippen LogP contribution in [-0.4, -0.2) is 4.83 Å². The smallest absolute Gasteiger partial charge is 0.0177 e. The second-order valence-electron chi connectivity index (χ2n) is 5.53. The number of hydrogen-bond acceptors (Lipinski definition) is 0. The fraction of sp³-hybridized carbons (Fsp3) is 0.600. The molecule has 1 aliphatic rings. The summed E-state index contributed by atoms with van der Waals surface area (Å²) < 4.78 is 0. The lowest BCUT2D eigenvalue weighted by atomic mass is 9.88. The zero-order chi connectivity index (χ0) is 11.9. The Balaban J connectivity index is 2.29. The SMILES string of the molecule is Cc1cc(C)c(CC2(C(C)Br)CC2)c(C)c1. The largest absolute Gasteiger partial charge is 0.0888 e. The van der Waals surface area contributed by atoms with E-state index in [0.717, 1.165) is 0 Å². The van der Waals surface area contributed by atoms with Crippen LogP contribution in [0.5, 0.6) is 0 Å². The Morgan fingerprint density at radius 3 is 2.06 bits per heavy atom. The first-order valence-electron chi connectivity index (χ1n) is 6.15. The van der Waals surface area contributed by atoms with E-state index >= 15 is 0 Å². The summed E-state index contributed by atoms with van der Waals surface area (Å²) in [5.74, 6) is 0. The second kappa shape index (κ2) is 4.18.